The Morgan fingerprint density at radius 3 is 2.47 bits per heavy atom. The lowest BCUT2D eigenvalue weighted by Gasteiger charge is -2.32. The maximum absolute atomic E-state index is 14.3. The highest BCUT2D eigenvalue weighted by atomic mass is 19.2. The predicted octanol–water partition coefficient (Wildman–Crippen LogP) is 4.41. The van der Waals surface area contributed by atoms with E-state index in [1.165, 1.54) is 6.07 Å². The summed E-state index contributed by atoms with van der Waals surface area (Å²) < 4.78 is 41.2. The summed E-state index contributed by atoms with van der Waals surface area (Å²) >= 11 is 0. The number of hydrogen-bond acceptors (Lipinski definition) is 1. The first-order valence-corrected chi connectivity index (χ1v) is 6.99. The zero-order valence-corrected chi connectivity index (χ0v) is 11.0. The number of halogens is 3. The molecule has 1 aromatic rings. The predicted molar refractivity (Wildman–Crippen MR) is 68.6 cm³/mol. The molecule has 1 fully saturated rings. The van der Waals surface area contributed by atoms with Gasteiger partial charge in [0.05, 0.1) is 6.04 Å². The van der Waals surface area contributed by atoms with E-state index in [-0.39, 0.29) is 17.6 Å². The van der Waals surface area contributed by atoms with Crippen LogP contribution in [-0.2, 0) is 6.42 Å². The summed E-state index contributed by atoms with van der Waals surface area (Å²) in [5.41, 5.74) is 0.411. The summed E-state index contributed by atoms with van der Waals surface area (Å²) in [4.78, 5) is 0. The molecule has 4 heteroatoms. The van der Waals surface area contributed by atoms with Crippen molar-refractivity contribution in [2.75, 3.05) is 5.12 Å². The monoisotopic (exact) mass is 269 g/mol. The van der Waals surface area contributed by atoms with Crippen LogP contribution in [0.2, 0.25) is 0 Å². The van der Waals surface area contributed by atoms with Crippen molar-refractivity contribution in [3.63, 3.8) is 0 Å². The largest absolute Gasteiger partial charge is 0.205 e. The molecule has 0 radical (unpaired) electrons. The van der Waals surface area contributed by atoms with Gasteiger partial charge in [-0.2, -0.15) is 0 Å². The highest BCUT2D eigenvalue weighted by molar-refractivity contribution is 5.58. The van der Waals surface area contributed by atoms with Gasteiger partial charge >= 0.3 is 0 Å². The quantitative estimate of drug-likeness (QED) is 0.683. The molecule has 1 heterocycles. The van der Waals surface area contributed by atoms with Crippen LogP contribution in [0.15, 0.2) is 12.1 Å². The molecule has 1 unspecified atom stereocenters. The van der Waals surface area contributed by atoms with Gasteiger partial charge in [0.25, 0.3) is 0 Å². The van der Waals surface area contributed by atoms with Crippen LogP contribution in [0.1, 0.15) is 38.2 Å². The second-order valence-electron chi connectivity index (χ2n) is 5.97. The molecule has 104 valence electrons. The molecule has 1 saturated carbocycles. The Balaban J connectivity index is 1.83. The third-order valence-corrected chi connectivity index (χ3v) is 4.69. The molecular formula is C15H18F3N. The van der Waals surface area contributed by atoms with E-state index < -0.39 is 11.6 Å². The second-order valence-corrected chi connectivity index (χ2v) is 5.97. The Hall–Kier alpha value is -1.19. The fourth-order valence-corrected chi connectivity index (χ4v) is 3.47. The first kappa shape index (κ1) is 12.8. The van der Waals surface area contributed by atoms with Crippen LogP contribution in [0.4, 0.5) is 18.9 Å². The van der Waals surface area contributed by atoms with Crippen molar-refractivity contribution in [3.05, 3.63) is 29.3 Å². The van der Waals surface area contributed by atoms with Crippen molar-refractivity contribution >= 4 is 5.69 Å². The third-order valence-electron chi connectivity index (χ3n) is 4.69. The van der Waals surface area contributed by atoms with Crippen molar-refractivity contribution in [1.82, 2.24) is 0 Å². The zero-order chi connectivity index (χ0) is 13.6. The maximum Gasteiger partial charge on any atom is 0.184 e. The molecule has 1 atom stereocenters. The average Bonchev–Trinajstić information content (AvgIpc) is 2.73. The van der Waals surface area contributed by atoms with Crippen LogP contribution in [-0.4, -0.2) is 6.04 Å². The SMILES string of the molecule is CC1CCC(C2Cc3ccc(F)c(F)c3N2F)CC1. The Morgan fingerprint density at radius 2 is 1.79 bits per heavy atom. The summed E-state index contributed by atoms with van der Waals surface area (Å²) in [6, 6.07) is 2.28. The fraction of sp³-hybridized carbons (Fsp3) is 0.600. The van der Waals surface area contributed by atoms with E-state index in [9.17, 15) is 13.3 Å². The molecule has 0 N–H and O–H groups in total. The van der Waals surface area contributed by atoms with E-state index in [0.717, 1.165) is 31.7 Å². The molecular weight excluding hydrogens is 251 g/mol. The van der Waals surface area contributed by atoms with E-state index >= 15 is 0 Å². The summed E-state index contributed by atoms with van der Waals surface area (Å²) in [6.07, 6.45) is 4.64. The van der Waals surface area contributed by atoms with E-state index in [1.807, 2.05) is 0 Å². The van der Waals surface area contributed by atoms with E-state index in [1.54, 1.807) is 0 Å². The smallest absolute Gasteiger partial charge is 0.184 e. The van der Waals surface area contributed by atoms with E-state index in [4.69, 9.17) is 0 Å². The average molecular weight is 269 g/mol. The summed E-state index contributed by atoms with van der Waals surface area (Å²) in [7, 11) is 0. The lowest BCUT2D eigenvalue weighted by atomic mass is 9.78. The summed E-state index contributed by atoms with van der Waals surface area (Å²) in [5, 5.41) is 0.481. The first-order chi connectivity index (χ1) is 9.08. The van der Waals surface area contributed by atoms with Crippen molar-refractivity contribution < 1.29 is 13.3 Å². The van der Waals surface area contributed by atoms with E-state index in [0.29, 0.717) is 23.0 Å². The lowest BCUT2D eigenvalue weighted by molar-refractivity contribution is 0.215. The highest BCUT2D eigenvalue weighted by Gasteiger charge is 2.39. The zero-order valence-electron chi connectivity index (χ0n) is 11.0. The molecule has 1 aliphatic carbocycles. The van der Waals surface area contributed by atoms with Crippen molar-refractivity contribution in [1.29, 1.82) is 0 Å². The van der Waals surface area contributed by atoms with Crippen LogP contribution in [0, 0.1) is 23.5 Å². The van der Waals surface area contributed by atoms with Crippen LogP contribution < -0.4 is 5.12 Å². The molecule has 2 aliphatic rings. The van der Waals surface area contributed by atoms with Crippen LogP contribution in [0.5, 0.6) is 0 Å². The molecule has 0 aromatic heterocycles. The number of rotatable bonds is 1. The van der Waals surface area contributed by atoms with Gasteiger partial charge in [-0.05, 0) is 42.7 Å². The molecule has 1 aromatic carbocycles. The van der Waals surface area contributed by atoms with Gasteiger partial charge in [-0.25, -0.2) is 13.9 Å². The minimum atomic E-state index is -1.05. The van der Waals surface area contributed by atoms with Gasteiger partial charge in [0.2, 0.25) is 0 Å². The van der Waals surface area contributed by atoms with Gasteiger partial charge < -0.3 is 0 Å². The lowest BCUT2D eigenvalue weighted by Crippen LogP contribution is -2.35. The number of benzene rings is 1. The molecule has 1 nitrogen and oxygen atoms in total. The third kappa shape index (κ3) is 2.11. The minimum Gasteiger partial charge on any atom is -0.205 e. The van der Waals surface area contributed by atoms with E-state index in [2.05, 4.69) is 6.92 Å². The summed E-state index contributed by atoms with van der Waals surface area (Å²) in [6.45, 7) is 2.21. The Labute approximate surface area is 111 Å². The van der Waals surface area contributed by atoms with Crippen molar-refractivity contribution in [2.24, 2.45) is 11.8 Å². The number of fused-ring (bicyclic) bond motifs is 1. The van der Waals surface area contributed by atoms with Crippen LogP contribution in [0.3, 0.4) is 0 Å². The fourth-order valence-electron chi connectivity index (χ4n) is 3.47. The maximum atomic E-state index is 14.3. The Kier molecular flexibility index (Phi) is 3.19. The summed E-state index contributed by atoms with van der Waals surface area (Å²) in [5.74, 6) is -1.08. The number of hydrogen-bond donors (Lipinski definition) is 0. The van der Waals surface area contributed by atoms with Gasteiger partial charge in [-0.15, -0.1) is 0 Å². The number of anilines is 1. The van der Waals surface area contributed by atoms with Gasteiger partial charge in [0.1, 0.15) is 5.69 Å². The van der Waals surface area contributed by atoms with Gasteiger partial charge in [-0.3, -0.25) is 0 Å². The molecule has 0 spiro atoms. The van der Waals surface area contributed by atoms with Gasteiger partial charge in [0.15, 0.2) is 11.6 Å². The molecule has 19 heavy (non-hydrogen) atoms. The van der Waals surface area contributed by atoms with Crippen LogP contribution >= 0.6 is 0 Å². The van der Waals surface area contributed by atoms with Crippen molar-refractivity contribution in [3.8, 4) is 0 Å². The molecule has 0 bridgehead atoms. The molecule has 0 amide bonds. The number of nitrogens with zero attached hydrogens (tertiary/aromatic N) is 1. The van der Waals surface area contributed by atoms with Gasteiger partial charge in [0, 0.05) is 0 Å². The topological polar surface area (TPSA) is 3.24 Å². The molecule has 0 saturated heterocycles. The Bertz CT molecular complexity index is 481. The Morgan fingerprint density at radius 1 is 1.11 bits per heavy atom. The first-order valence-electron chi connectivity index (χ1n) is 6.99. The minimum absolute atomic E-state index is 0.177. The highest BCUT2D eigenvalue weighted by Crippen LogP contribution is 2.42. The second kappa shape index (κ2) is 4.73. The molecule has 3 rings (SSSR count). The van der Waals surface area contributed by atoms with Gasteiger partial charge in [-0.1, -0.05) is 30.3 Å². The normalized spacial score (nSPS) is 30.5. The van der Waals surface area contributed by atoms with Crippen molar-refractivity contribution in [2.45, 2.75) is 45.1 Å². The molecule has 1 aliphatic heterocycles. The van der Waals surface area contributed by atoms with Crippen LogP contribution in [0.25, 0.3) is 0 Å². The standard InChI is InChI=1S/C15H18F3N/c1-9-2-4-10(5-3-9)13-8-11-6-7-12(16)14(17)15(11)19(13)18/h6-7,9-10,13H,2-5,8H2,1H3.